The van der Waals surface area contributed by atoms with Crippen molar-refractivity contribution in [3.8, 4) is 17.1 Å². The SMILES string of the molecule is CCOC(=O)[C@H]1C[C@@H]1c1ccc(-c2cc3nc(C(=O)N4CC(F)c5ccccc5[C@H]4C)cc(-n4cccn4)n3n2)c(F)c1. The summed E-state index contributed by atoms with van der Waals surface area (Å²) in [6.07, 6.45) is 2.60. The summed E-state index contributed by atoms with van der Waals surface area (Å²) < 4.78 is 38.7. The molecule has 4 heterocycles. The van der Waals surface area contributed by atoms with Crippen LogP contribution in [0, 0.1) is 11.7 Å². The summed E-state index contributed by atoms with van der Waals surface area (Å²) in [4.78, 5) is 32.0. The van der Waals surface area contributed by atoms with Gasteiger partial charge in [-0.1, -0.05) is 30.3 Å². The average Bonchev–Trinajstić information content (AvgIpc) is 3.40. The number of fused-ring (bicyclic) bond motifs is 2. The molecule has 0 N–H and O–H groups in total. The number of hydrogen-bond acceptors (Lipinski definition) is 6. The van der Waals surface area contributed by atoms with E-state index in [4.69, 9.17) is 4.74 Å². The number of halogens is 2. The predicted octanol–water partition coefficient (Wildman–Crippen LogP) is 5.62. The normalized spacial score (nSPS) is 21.1. The second-order valence-corrected chi connectivity index (χ2v) is 10.9. The lowest BCUT2D eigenvalue weighted by atomic mass is 9.92. The fraction of sp³-hybridized carbons (Fsp3) is 0.281. The molecule has 218 valence electrons. The van der Waals surface area contributed by atoms with E-state index in [1.54, 1.807) is 61.8 Å². The fourth-order valence-corrected chi connectivity index (χ4v) is 5.99. The second kappa shape index (κ2) is 10.4. The minimum Gasteiger partial charge on any atom is -0.466 e. The standard InChI is InChI=1S/C32H28F2N6O3/c1-3-43-32(42)24-14-23(24)19-9-10-22(25(33)13-19)27-15-29-36-28(16-30(40(29)37-27)39-12-6-11-35-39)31(41)38-17-26(34)21-8-5-4-7-20(21)18(38)2/h4-13,15-16,18,23-24,26H,3,14,17H2,1-2H3/t18-,23-,24+,26?/m1/s1. The van der Waals surface area contributed by atoms with Crippen LogP contribution in [0.15, 0.2) is 73.1 Å². The number of nitrogens with zero attached hydrogens (tertiary/aromatic N) is 6. The minimum absolute atomic E-state index is 0.0709. The van der Waals surface area contributed by atoms with Crippen LogP contribution in [0.1, 0.15) is 65.6 Å². The van der Waals surface area contributed by atoms with Crippen LogP contribution in [0.2, 0.25) is 0 Å². The zero-order valence-electron chi connectivity index (χ0n) is 23.5. The molecule has 43 heavy (non-hydrogen) atoms. The lowest BCUT2D eigenvalue weighted by Crippen LogP contribution is -2.40. The Bertz CT molecular complexity index is 1870. The molecule has 1 unspecified atom stereocenters. The molecule has 2 aromatic carbocycles. The Morgan fingerprint density at radius 2 is 1.88 bits per heavy atom. The van der Waals surface area contributed by atoms with E-state index < -0.39 is 17.9 Å². The Balaban J connectivity index is 1.25. The number of carbonyl (C=O) groups is 2. The van der Waals surface area contributed by atoms with E-state index in [-0.39, 0.29) is 41.6 Å². The van der Waals surface area contributed by atoms with E-state index in [0.29, 0.717) is 35.8 Å². The summed E-state index contributed by atoms with van der Waals surface area (Å²) in [7, 11) is 0. The van der Waals surface area contributed by atoms with Crippen LogP contribution in [-0.2, 0) is 9.53 Å². The molecule has 0 spiro atoms. The van der Waals surface area contributed by atoms with Gasteiger partial charge >= 0.3 is 5.97 Å². The third-order valence-electron chi connectivity index (χ3n) is 8.31. The van der Waals surface area contributed by atoms with Crippen molar-refractivity contribution in [3.63, 3.8) is 0 Å². The van der Waals surface area contributed by atoms with Gasteiger partial charge in [-0.2, -0.15) is 14.7 Å². The number of rotatable bonds is 6. The largest absolute Gasteiger partial charge is 0.466 e. The molecule has 1 saturated carbocycles. The van der Waals surface area contributed by atoms with Crippen LogP contribution in [-0.4, -0.2) is 54.3 Å². The molecule has 7 rings (SSSR count). The van der Waals surface area contributed by atoms with Crippen molar-refractivity contribution in [2.24, 2.45) is 5.92 Å². The molecule has 1 aliphatic heterocycles. The fourth-order valence-electron chi connectivity index (χ4n) is 5.99. The summed E-state index contributed by atoms with van der Waals surface area (Å²) in [5.74, 6) is -1.08. The van der Waals surface area contributed by atoms with Gasteiger partial charge in [0.1, 0.15) is 17.7 Å². The van der Waals surface area contributed by atoms with E-state index >= 15 is 8.78 Å². The van der Waals surface area contributed by atoms with Crippen LogP contribution < -0.4 is 0 Å². The average molecular weight is 583 g/mol. The Morgan fingerprint density at radius 3 is 2.63 bits per heavy atom. The highest BCUT2D eigenvalue weighted by atomic mass is 19.1. The van der Waals surface area contributed by atoms with E-state index in [0.717, 1.165) is 11.1 Å². The van der Waals surface area contributed by atoms with E-state index in [1.165, 1.54) is 20.2 Å². The first-order valence-electron chi connectivity index (χ1n) is 14.2. The zero-order chi connectivity index (χ0) is 29.8. The van der Waals surface area contributed by atoms with E-state index in [1.807, 2.05) is 19.1 Å². The number of benzene rings is 2. The molecule has 0 radical (unpaired) electrons. The Labute approximate surface area is 245 Å². The molecule has 2 aliphatic rings. The third-order valence-corrected chi connectivity index (χ3v) is 8.31. The van der Waals surface area contributed by atoms with Crippen LogP contribution >= 0.6 is 0 Å². The molecule has 4 atom stereocenters. The Hall–Kier alpha value is -4.93. The van der Waals surface area contributed by atoms with Gasteiger partial charge < -0.3 is 9.64 Å². The van der Waals surface area contributed by atoms with Gasteiger partial charge in [-0.3, -0.25) is 9.59 Å². The maximum atomic E-state index is 15.5. The first-order chi connectivity index (χ1) is 20.8. The molecule has 1 aliphatic carbocycles. The van der Waals surface area contributed by atoms with Crippen molar-refractivity contribution < 1.29 is 23.1 Å². The number of carbonyl (C=O) groups excluding carboxylic acids is 2. The monoisotopic (exact) mass is 582 g/mol. The van der Waals surface area contributed by atoms with Gasteiger partial charge in [0.25, 0.3) is 5.91 Å². The zero-order valence-corrected chi connectivity index (χ0v) is 23.5. The Morgan fingerprint density at radius 1 is 1.07 bits per heavy atom. The van der Waals surface area contributed by atoms with Gasteiger partial charge in [-0.05, 0) is 61.1 Å². The van der Waals surface area contributed by atoms with Crippen LogP contribution in [0.5, 0.6) is 0 Å². The number of ether oxygens (including phenoxy) is 1. The third kappa shape index (κ3) is 4.65. The summed E-state index contributed by atoms with van der Waals surface area (Å²) in [6.45, 7) is 3.85. The molecule has 1 fully saturated rings. The van der Waals surface area contributed by atoms with E-state index in [2.05, 4.69) is 15.2 Å². The minimum atomic E-state index is -1.32. The number of alkyl halides is 1. The van der Waals surface area contributed by atoms with Gasteiger partial charge in [0, 0.05) is 30.1 Å². The van der Waals surface area contributed by atoms with Crippen molar-refractivity contribution in [2.45, 2.75) is 38.4 Å². The maximum Gasteiger partial charge on any atom is 0.309 e. The van der Waals surface area contributed by atoms with Gasteiger partial charge in [0.15, 0.2) is 11.5 Å². The Kier molecular flexibility index (Phi) is 6.52. The van der Waals surface area contributed by atoms with Gasteiger partial charge in [0.2, 0.25) is 0 Å². The van der Waals surface area contributed by atoms with Crippen LogP contribution in [0.4, 0.5) is 8.78 Å². The van der Waals surface area contributed by atoms with Gasteiger partial charge in [-0.25, -0.2) is 18.4 Å². The number of esters is 1. The highest BCUT2D eigenvalue weighted by Crippen LogP contribution is 2.48. The van der Waals surface area contributed by atoms with Crippen molar-refractivity contribution in [2.75, 3.05) is 13.2 Å². The van der Waals surface area contributed by atoms with Crippen molar-refractivity contribution >= 4 is 17.5 Å². The number of aromatic nitrogens is 5. The summed E-state index contributed by atoms with van der Waals surface area (Å²) >= 11 is 0. The molecular formula is C32H28F2N6O3. The quantitative estimate of drug-likeness (QED) is 0.242. The lowest BCUT2D eigenvalue weighted by Gasteiger charge is -2.36. The second-order valence-electron chi connectivity index (χ2n) is 10.9. The highest BCUT2D eigenvalue weighted by Gasteiger charge is 2.45. The first kappa shape index (κ1) is 26.9. The molecule has 0 bridgehead atoms. The highest BCUT2D eigenvalue weighted by molar-refractivity contribution is 5.94. The maximum absolute atomic E-state index is 15.5. The lowest BCUT2D eigenvalue weighted by molar-refractivity contribution is -0.144. The smallest absolute Gasteiger partial charge is 0.309 e. The van der Waals surface area contributed by atoms with Gasteiger partial charge in [0.05, 0.1) is 30.8 Å². The van der Waals surface area contributed by atoms with Crippen LogP contribution in [0.3, 0.4) is 0 Å². The number of hydrogen-bond donors (Lipinski definition) is 0. The molecule has 0 saturated heterocycles. The van der Waals surface area contributed by atoms with E-state index in [9.17, 15) is 9.59 Å². The molecule has 3 aromatic heterocycles. The first-order valence-corrected chi connectivity index (χ1v) is 14.2. The molecule has 1 amide bonds. The van der Waals surface area contributed by atoms with Crippen molar-refractivity contribution in [1.82, 2.24) is 29.3 Å². The summed E-state index contributed by atoms with van der Waals surface area (Å²) in [5, 5.41) is 8.93. The molecular weight excluding hydrogens is 554 g/mol. The topological polar surface area (TPSA) is 94.6 Å². The van der Waals surface area contributed by atoms with Crippen molar-refractivity contribution in [1.29, 1.82) is 0 Å². The summed E-state index contributed by atoms with van der Waals surface area (Å²) in [5.41, 5.74) is 3.05. The van der Waals surface area contributed by atoms with Crippen molar-refractivity contribution in [3.05, 3.63) is 101 Å². The molecule has 5 aromatic rings. The van der Waals surface area contributed by atoms with Gasteiger partial charge in [-0.15, -0.1) is 0 Å². The molecule has 11 heteroatoms. The summed E-state index contributed by atoms with van der Waals surface area (Å²) in [6, 6.07) is 16.6. The molecule has 9 nitrogen and oxygen atoms in total. The van der Waals surface area contributed by atoms with Crippen LogP contribution in [0.25, 0.3) is 22.7 Å². The predicted molar refractivity (Wildman–Crippen MR) is 153 cm³/mol. The number of amides is 1.